The van der Waals surface area contributed by atoms with E-state index in [1.165, 1.54) is 18.2 Å². The van der Waals surface area contributed by atoms with Gasteiger partial charge < -0.3 is 5.11 Å². The van der Waals surface area contributed by atoms with Crippen molar-refractivity contribution in [1.82, 2.24) is 0 Å². The zero-order valence-electron chi connectivity index (χ0n) is 10.8. The molecule has 0 saturated carbocycles. The molecular formula is C16H11F3O2. The summed E-state index contributed by atoms with van der Waals surface area (Å²) in [5.74, 6) is -1.14. The molecule has 0 aliphatic rings. The van der Waals surface area contributed by atoms with Gasteiger partial charge in [-0.25, -0.2) is 4.79 Å². The second-order valence-corrected chi connectivity index (χ2v) is 4.35. The largest absolute Gasteiger partial charge is 0.478 e. The lowest BCUT2D eigenvalue weighted by Gasteiger charge is -2.07. The van der Waals surface area contributed by atoms with Gasteiger partial charge in [0.2, 0.25) is 0 Å². The van der Waals surface area contributed by atoms with Crippen LogP contribution in [-0.2, 0) is 11.0 Å². The Balaban J connectivity index is 2.38. The molecule has 0 aromatic heterocycles. The molecular weight excluding hydrogens is 281 g/mol. The predicted octanol–water partition coefficient (Wildman–Crippen LogP) is 4.33. The topological polar surface area (TPSA) is 37.3 Å². The number of aliphatic carboxylic acids is 1. The van der Waals surface area contributed by atoms with Gasteiger partial charge in [0, 0.05) is 0 Å². The molecule has 0 heterocycles. The summed E-state index contributed by atoms with van der Waals surface area (Å²) in [6.07, 6.45) is -3.06. The Bertz CT molecular complexity index is 656. The van der Waals surface area contributed by atoms with Crippen LogP contribution in [0.25, 0.3) is 11.6 Å². The fourth-order valence-electron chi connectivity index (χ4n) is 1.82. The molecule has 0 radical (unpaired) electrons. The molecule has 0 aliphatic heterocycles. The van der Waals surface area contributed by atoms with E-state index in [2.05, 4.69) is 0 Å². The van der Waals surface area contributed by atoms with Crippen LogP contribution in [0.3, 0.4) is 0 Å². The van der Waals surface area contributed by atoms with Crippen LogP contribution in [-0.4, -0.2) is 11.1 Å². The van der Waals surface area contributed by atoms with Gasteiger partial charge in [-0.1, -0.05) is 42.5 Å². The smallest absolute Gasteiger partial charge is 0.416 e. The average Bonchev–Trinajstić information content (AvgIpc) is 2.45. The van der Waals surface area contributed by atoms with Crippen molar-refractivity contribution in [2.75, 3.05) is 0 Å². The minimum Gasteiger partial charge on any atom is -0.478 e. The fraction of sp³-hybridized carbons (Fsp3) is 0.0625. The number of benzene rings is 2. The number of alkyl halides is 3. The van der Waals surface area contributed by atoms with E-state index < -0.39 is 17.7 Å². The summed E-state index contributed by atoms with van der Waals surface area (Å²) >= 11 is 0. The molecule has 2 aromatic rings. The molecule has 2 aromatic carbocycles. The molecule has 2 rings (SSSR count). The van der Waals surface area contributed by atoms with E-state index in [0.29, 0.717) is 11.1 Å². The molecule has 5 heteroatoms. The first-order valence-corrected chi connectivity index (χ1v) is 6.05. The van der Waals surface area contributed by atoms with Crippen LogP contribution in [0.15, 0.2) is 54.6 Å². The van der Waals surface area contributed by atoms with E-state index >= 15 is 0 Å². The van der Waals surface area contributed by atoms with Crippen molar-refractivity contribution in [2.24, 2.45) is 0 Å². The van der Waals surface area contributed by atoms with Crippen LogP contribution in [0.1, 0.15) is 16.7 Å². The number of hydrogen-bond donors (Lipinski definition) is 1. The standard InChI is InChI=1S/C16H11F3O2/c17-16(18,19)13-8-6-11(7-9-13)10-14(15(20)21)12-4-2-1-3-5-12/h1-10H,(H,20,21)/b14-10+. The van der Waals surface area contributed by atoms with Crippen molar-refractivity contribution < 1.29 is 23.1 Å². The van der Waals surface area contributed by atoms with Crippen LogP contribution in [0.2, 0.25) is 0 Å². The molecule has 0 fully saturated rings. The highest BCUT2D eigenvalue weighted by Gasteiger charge is 2.29. The van der Waals surface area contributed by atoms with Crippen LogP contribution >= 0.6 is 0 Å². The van der Waals surface area contributed by atoms with E-state index in [4.69, 9.17) is 0 Å². The van der Waals surface area contributed by atoms with Gasteiger partial charge in [0.15, 0.2) is 0 Å². The molecule has 2 nitrogen and oxygen atoms in total. The molecule has 0 amide bonds. The van der Waals surface area contributed by atoms with Crippen molar-refractivity contribution in [3.63, 3.8) is 0 Å². The highest BCUT2D eigenvalue weighted by molar-refractivity contribution is 6.20. The fourth-order valence-corrected chi connectivity index (χ4v) is 1.82. The van der Waals surface area contributed by atoms with E-state index in [-0.39, 0.29) is 5.57 Å². The van der Waals surface area contributed by atoms with Crippen molar-refractivity contribution in [2.45, 2.75) is 6.18 Å². The summed E-state index contributed by atoms with van der Waals surface area (Å²) in [5.41, 5.74) is 0.140. The molecule has 0 aliphatic carbocycles. The molecule has 0 atom stereocenters. The molecule has 21 heavy (non-hydrogen) atoms. The van der Waals surface area contributed by atoms with E-state index in [1.54, 1.807) is 30.3 Å². The molecule has 108 valence electrons. The first-order valence-electron chi connectivity index (χ1n) is 6.05. The SMILES string of the molecule is O=C(O)/C(=C/c1ccc(C(F)(F)F)cc1)c1ccccc1. The maximum absolute atomic E-state index is 12.5. The number of hydrogen-bond acceptors (Lipinski definition) is 1. The summed E-state index contributed by atoms with van der Waals surface area (Å²) in [7, 11) is 0. The van der Waals surface area contributed by atoms with Crippen LogP contribution in [0.4, 0.5) is 13.2 Å². The third kappa shape index (κ3) is 3.72. The summed E-state index contributed by atoms with van der Waals surface area (Å²) in [5, 5.41) is 9.22. The van der Waals surface area contributed by atoms with Gasteiger partial charge >= 0.3 is 12.1 Å². The highest BCUT2D eigenvalue weighted by Crippen LogP contribution is 2.29. The van der Waals surface area contributed by atoms with Crippen molar-refractivity contribution in [3.8, 4) is 0 Å². The zero-order chi connectivity index (χ0) is 15.5. The Kier molecular flexibility index (Phi) is 4.12. The minimum absolute atomic E-state index is 0.0235. The van der Waals surface area contributed by atoms with Gasteiger partial charge in [0.1, 0.15) is 0 Å². The Morgan fingerprint density at radius 3 is 2.00 bits per heavy atom. The van der Waals surface area contributed by atoms with Gasteiger partial charge in [0.05, 0.1) is 11.1 Å². The number of carboxylic acids is 1. The zero-order valence-corrected chi connectivity index (χ0v) is 10.8. The maximum Gasteiger partial charge on any atom is 0.416 e. The number of rotatable bonds is 3. The van der Waals surface area contributed by atoms with Crippen LogP contribution in [0, 0.1) is 0 Å². The van der Waals surface area contributed by atoms with Gasteiger partial charge in [0.25, 0.3) is 0 Å². The third-order valence-corrected chi connectivity index (χ3v) is 2.86. The second kappa shape index (κ2) is 5.83. The molecule has 0 saturated heterocycles. The first-order chi connectivity index (χ1) is 9.88. The van der Waals surface area contributed by atoms with Crippen molar-refractivity contribution in [1.29, 1.82) is 0 Å². The molecule has 1 N–H and O–H groups in total. The Morgan fingerprint density at radius 1 is 0.952 bits per heavy atom. The lowest BCUT2D eigenvalue weighted by molar-refractivity contribution is -0.137. The second-order valence-electron chi connectivity index (χ2n) is 4.35. The van der Waals surface area contributed by atoms with E-state index in [0.717, 1.165) is 12.1 Å². The summed E-state index contributed by atoms with van der Waals surface area (Å²) in [6.45, 7) is 0. The van der Waals surface area contributed by atoms with Gasteiger partial charge in [-0.3, -0.25) is 0 Å². The lowest BCUT2D eigenvalue weighted by Crippen LogP contribution is -2.04. The predicted molar refractivity (Wildman–Crippen MR) is 73.4 cm³/mol. The monoisotopic (exact) mass is 292 g/mol. The van der Waals surface area contributed by atoms with Crippen molar-refractivity contribution >= 4 is 17.6 Å². The Hall–Kier alpha value is -2.56. The first kappa shape index (κ1) is 14.8. The quantitative estimate of drug-likeness (QED) is 0.675. The normalized spacial score (nSPS) is 12.2. The van der Waals surface area contributed by atoms with Gasteiger partial charge in [-0.2, -0.15) is 13.2 Å². The number of carboxylic acid groups (broad SMARTS) is 1. The lowest BCUT2D eigenvalue weighted by atomic mass is 10.0. The number of halogens is 3. The molecule has 0 bridgehead atoms. The minimum atomic E-state index is -4.41. The van der Waals surface area contributed by atoms with E-state index in [1.807, 2.05) is 0 Å². The van der Waals surface area contributed by atoms with Crippen LogP contribution < -0.4 is 0 Å². The summed E-state index contributed by atoms with van der Waals surface area (Å²) < 4.78 is 37.4. The number of carbonyl (C=O) groups is 1. The Labute approximate surface area is 119 Å². The van der Waals surface area contributed by atoms with Crippen molar-refractivity contribution in [3.05, 3.63) is 71.3 Å². The Morgan fingerprint density at radius 2 is 1.52 bits per heavy atom. The maximum atomic E-state index is 12.5. The van der Waals surface area contributed by atoms with E-state index in [9.17, 15) is 23.1 Å². The third-order valence-electron chi connectivity index (χ3n) is 2.86. The van der Waals surface area contributed by atoms with Gasteiger partial charge in [-0.05, 0) is 29.3 Å². The van der Waals surface area contributed by atoms with Gasteiger partial charge in [-0.15, -0.1) is 0 Å². The highest BCUT2D eigenvalue weighted by atomic mass is 19.4. The molecule has 0 spiro atoms. The van der Waals surface area contributed by atoms with Crippen LogP contribution in [0.5, 0.6) is 0 Å². The average molecular weight is 292 g/mol. The summed E-state index contributed by atoms with van der Waals surface area (Å²) in [4.78, 5) is 11.3. The summed E-state index contributed by atoms with van der Waals surface area (Å²) in [6, 6.07) is 12.7. The molecule has 0 unspecified atom stereocenters.